The Hall–Kier alpha value is -1.60. The molecule has 0 spiro atoms. The number of halogens is 1. The summed E-state index contributed by atoms with van der Waals surface area (Å²) in [6, 6.07) is 4.40. The van der Waals surface area contributed by atoms with E-state index in [0.29, 0.717) is 0 Å². The Labute approximate surface area is 73.0 Å². The molecule has 0 fully saturated rings. The molecule has 1 N–H and O–H groups in total. The predicted molar refractivity (Wildman–Crippen MR) is 40.9 cm³/mol. The Kier molecular flexibility index (Phi) is 2.26. The normalized spacial score (nSPS) is 9.00. The lowest BCUT2D eigenvalue weighted by Gasteiger charge is -1.95. The number of nitrogens with zero attached hydrogens (tertiary/aromatic N) is 2. The van der Waals surface area contributed by atoms with Crippen LogP contribution in [0.15, 0.2) is 12.1 Å². The number of hydrogen-bond donors (Lipinski definition) is 1. The van der Waals surface area contributed by atoms with Gasteiger partial charge >= 0.3 is 5.97 Å². The minimum atomic E-state index is -1.24. The van der Waals surface area contributed by atoms with Gasteiger partial charge in [0, 0.05) is 0 Å². The highest BCUT2D eigenvalue weighted by molar-refractivity contribution is 6.33. The number of rotatable bonds is 1. The van der Waals surface area contributed by atoms with Crippen molar-refractivity contribution < 1.29 is 9.90 Å². The maximum Gasteiger partial charge on any atom is 0.356 e. The number of hydrogen-bond acceptors (Lipinski definition) is 3. The van der Waals surface area contributed by atoms with Crippen molar-refractivity contribution in [3.05, 3.63) is 28.5 Å². The zero-order valence-electron chi connectivity index (χ0n) is 5.78. The molecule has 5 heteroatoms. The summed E-state index contributed by atoms with van der Waals surface area (Å²) in [4.78, 5) is 13.9. The fraction of sp³-hybridized carbons (Fsp3) is 0. The number of carbonyl (C=O) groups is 1. The van der Waals surface area contributed by atoms with Crippen molar-refractivity contribution in [2.75, 3.05) is 0 Å². The molecule has 0 saturated carbocycles. The van der Waals surface area contributed by atoms with Crippen LogP contribution in [0.3, 0.4) is 0 Å². The Morgan fingerprint density at radius 3 is 2.83 bits per heavy atom. The van der Waals surface area contributed by atoms with Gasteiger partial charge < -0.3 is 5.11 Å². The molecule has 12 heavy (non-hydrogen) atoms. The van der Waals surface area contributed by atoms with E-state index in [1.807, 2.05) is 0 Å². The van der Waals surface area contributed by atoms with E-state index in [1.54, 1.807) is 6.07 Å². The fourth-order valence-electron chi connectivity index (χ4n) is 0.654. The molecule has 1 rings (SSSR count). The molecule has 60 valence electrons. The van der Waals surface area contributed by atoms with Crippen molar-refractivity contribution in [1.29, 1.82) is 5.26 Å². The number of aromatic nitrogens is 1. The second kappa shape index (κ2) is 3.20. The molecular formula is C7H3ClN2O2. The number of carboxylic acid groups (broad SMARTS) is 1. The van der Waals surface area contributed by atoms with E-state index < -0.39 is 5.97 Å². The first-order chi connectivity index (χ1) is 5.65. The van der Waals surface area contributed by atoms with Crippen LogP contribution < -0.4 is 0 Å². The molecule has 0 unspecified atom stereocenters. The predicted octanol–water partition coefficient (Wildman–Crippen LogP) is 1.30. The molecule has 4 nitrogen and oxygen atoms in total. The summed E-state index contributed by atoms with van der Waals surface area (Å²) < 4.78 is 0. The summed E-state index contributed by atoms with van der Waals surface area (Å²) in [6.45, 7) is 0. The Morgan fingerprint density at radius 1 is 1.67 bits per heavy atom. The summed E-state index contributed by atoms with van der Waals surface area (Å²) in [6.07, 6.45) is 0. The molecular weight excluding hydrogens is 180 g/mol. The first-order valence-corrected chi connectivity index (χ1v) is 3.33. The monoisotopic (exact) mass is 182 g/mol. The largest absolute Gasteiger partial charge is 0.476 e. The minimum absolute atomic E-state index is 0.0292. The molecule has 1 heterocycles. The summed E-state index contributed by atoms with van der Waals surface area (Å²) in [5, 5.41) is 16.9. The van der Waals surface area contributed by atoms with Crippen molar-refractivity contribution in [3.63, 3.8) is 0 Å². The topological polar surface area (TPSA) is 74.0 Å². The van der Waals surface area contributed by atoms with Gasteiger partial charge in [-0.25, -0.2) is 9.78 Å². The summed E-state index contributed by atoms with van der Waals surface area (Å²) in [7, 11) is 0. The van der Waals surface area contributed by atoms with Crippen LogP contribution in [0.1, 0.15) is 16.2 Å². The molecule has 0 atom stereocenters. The van der Waals surface area contributed by atoms with Gasteiger partial charge in [0.15, 0.2) is 5.69 Å². The fourth-order valence-corrected chi connectivity index (χ4v) is 0.840. The molecule has 1 aromatic rings. The van der Waals surface area contributed by atoms with Crippen molar-refractivity contribution in [1.82, 2.24) is 4.98 Å². The molecule has 0 aromatic carbocycles. The van der Waals surface area contributed by atoms with E-state index >= 15 is 0 Å². The lowest BCUT2D eigenvalue weighted by Crippen LogP contribution is -2.02. The van der Waals surface area contributed by atoms with E-state index in [1.165, 1.54) is 12.1 Å². The van der Waals surface area contributed by atoms with Crippen LogP contribution in [-0.4, -0.2) is 16.1 Å². The molecule has 0 radical (unpaired) electrons. The van der Waals surface area contributed by atoms with E-state index in [0.717, 1.165) is 0 Å². The SMILES string of the molecule is N#Cc1ccc(Cl)c(C(=O)O)n1. The van der Waals surface area contributed by atoms with Gasteiger partial charge in [-0.2, -0.15) is 5.26 Å². The Morgan fingerprint density at radius 2 is 2.33 bits per heavy atom. The third kappa shape index (κ3) is 1.52. The van der Waals surface area contributed by atoms with Gasteiger partial charge in [0.1, 0.15) is 11.8 Å². The van der Waals surface area contributed by atoms with E-state index in [2.05, 4.69) is 4.98 Å². The van der Waals surface area contributed by atoms with Crippen LogP contribution in [0.2, 0.25) is 5.02 Å². The number of nitriles is 1. The molecule has 0 amide bonds. The number of carboxylic acids is 1. The highest BCUT2D eigenvalue weighted by Gasteiger charge is 2.10. The quantitative estimate of drug-likeness (QED) is 0.711. The Bertz CT molecular complexity index is 370. The van der Waals surface area contributed by atoms with Crippen LogP contribution >= 0.6 is 11.6 Å². The first kappa shape index (κ1) is 8.50. The lowest BCUT2D eigenvalue weighted by atomic mass is 10.3. The van der Waals surface area contributed by atoms with Crippen LogP contribution in [-0.2, 0) is 0 Å². The zero-order chi connectivity index (χ0) is 9.14. The van der Waals surface area contributed by atoms with E-state index in [4.69, 9.17) is 22.0 Å². The van der Waals surface area contributed by atoms with Crippen molar-refractivity contribution in [2.45, 2.75) is 0 Å². The average molecular weight is 183 g/mol. The van der Waals surface area contributed by atoms with Crippen LogP contribution in [0.4, 0.5) is 0 Å². The van der Waals surface area contributed by atoms with E-state index in [9.17, 15) is 4.79 Å². The molecule has 0 bridgehead atoms. The maximum atomic E-state index is 10.4. The van der Waals surface area contributed by atoms with Gasteiger partial charge in [0.25, 0.3) is 0 Å². The van der Waals surface area contributed by atoms with E-state index in [-0.39, 0.29) is 16.4 Å². The highest BCUT2D eigenvalue weighted by atomic mass is 35.5. The number of aromatic carboxylic acids is 1. The van der Waals surface area contributed by atoms with Crippen LogP contribution in [0.5, 0.6) is 0 Å². The summed E-state index contributed by atoms with van der Waals surface area (Å²) in [5.41, 5.74) is -0.257. The molecule has 0 aliphatic heterocycles. The van der Waals surface area contributed by atoms with Gasteiger partial charge in [-0.1, -0.05) is 11.6 Å². The van der Waals surface area contributed by atoms with Gasteiger partial charge in [0.2, 0.25) is 0 Å². The first-order valence-electron chi connectivity index (χ1n) is 2.95. The number of pyridine rings is 1. The maximum absolute atomic E-state index is 10.4. The average Bonchev–Trinajstić information content (AvgIpc) is 2.05. The van der Waals surface area contributed by atoms with Gasteiger partial charge in [-0.05, 0) is 12.1 Å². The third-order valence-corrected chi connectivity index (χ3v) is 1.47. The third-order valence-electron chi connectivity index (χ3n) is 1.16. The Balaban J connectivity index is 3.28. The smallest absolute Gasteiger partial charge is 0.356 e. The second-order valence-electron chi connectivity index (χ2n) is 1.94. The standard InChI is InChI=1S/C7H3ClN2O2/c8-5-2-1-4(3-9)10-6(5)7(11)12/h1-2H,(H,11,12). The van der Waals surface area contributed by atoms with Crippen molar-refractivity contribution >= 4 is 17.6 Å². The summed E-state index contributed by atoms with van der Waals surface area (Å²) >= 11 is 5.50. The minimum Gasteiger partial charge on any atom is -0.476 e. The van der Waals surface area contributed by atoms with Crippen molar-refractivity contribution in [2.24, 2.45) is 0 Å². The van der Waals surface area contributed by atoms with Crippen LogP contribution in [0.25, 0.3) is 0 Å². The lowest BCUT2D eigenvalue weighted by molar-refractivity contribution is 0.0690. The molecule has 0 aliphatic carbocycles. The van der Waals surface area contributed by atoms with Crippen LogP contribution in [0, 0.1) is 11.3 Å². The molecule has 1 aromatic heterocycles. The van der Waals surface area contributed by atoms with Gasteiger partial charge in [-0.3, -0.25) is 0 Å². The molecule has 0 aliphatic rings. The molecule has 0 saturated heterocycles. The zero-order valence-corrected chi connectivity index (χ0v) is 6.54. The van der Waals surface area contributed by atoms with Gasteiger partial charge in [-0.15, -0.1) is 0 Å². The van der Waals surface area contributed by atoms with Gasteiger partial charge in [0.05, 0.1) is 5.02 Å². The summed E-state index contributed by atoms with van der Waals surface area (Å²) in [5.74, 6) is -1.24. The second-order valence-corrected chi connectivity index (χ2v) is 2.35. The highest BCUT2D eigenvalue weighted by Crippen LogP contribution is 2.13. The van der Waals surface area contributed by atoms with Crippen molar-refractivity contribution in [3.8, 4) is 6.07 Å².